The van der Waals surface area contributed by atoms with Crippen LogP contribution in [0.3, 0.4) is 0 Å². The van der Waals surface area contributed by atoms with Gasteiger partial charge in [0.25, 0.3) is 10.0 Å². The van der Waals surface area contributed by atoms with Gasteiger partial charge in [0.05, 0.1) is 10.6 Å². The molecule has 7 heteroatoms. The lowest BCUT2D eigenvalue weighted by Gasteiger charge is -2.10. The molecule has 19 heavy (non-hydrogen) atoms. The molecule has 3 nitrogen and oxygen atoms in total. The average Bonchev–Trinajstić information content (AvgIpc) is 2.33. The second-order valence-electron chi connectivity index (χ2n) is 3.69. The molecule has 0 amide bonds. The van der Waals surface area contributed by atoms with Gasteiger partial charge in [0.2, 0.25) is 0 Å². The van der Waals surface area contributed by atoms with Crippen molar-refractivity contribution in [3.8, 4) is 0 Å². The first kappa shape index (κ1) is 15.0. The third kappa shape index (κ3) is 3.81. The second kappa shape index (κ2) is 5.95. The zero-order valence-electron chi connectivity index (χ0n) is 9.40. The van der Waals surface area contributed by atoms with Crippen molar-refractivity contribution in [1.29, 1.82) is 0 Å². The third-order valence-corrected chi connectivity index (χ3v) is 5.29. The molecule has 0 fully saturated rings. The van der Waals surface area contributed by atoms with Gasteiger partial charge in [-0.1, -0.05) is 37.9 Å². The third-order valence-electron chi connectivity index (χ3n) is 2.28. The molecule has 1 N–H and O–H groups in total. The Bertz CT molecular complexity index is 717. The molecule has 0 atom stereocenters. The topological polar surface area (TPSA) is 46.2 Å². The Kier molecular flexibility index (Phi) is 4.70. The first-order valence-electron chi connectivity index (χ1n) is 5.12. The molecular weight excluding hydrogens is 462 g/mol. The summed E-state index contributed by atoms with van der Waals surface area (Å²) < 4.78 is 29.2. The van der Waals surface area contributed by atoms with Crippen molar-refractivity contribution < 1.29 is 8.42 Å². The summed E-state index contributed by atoms with van der Waals surface area (Å²) >= 11 is 9.89. The summed E-state index contributed by atoms with van der Waals surface area (Å²) in [4.78, 5) is 0.205. The van der Waals surface area contributed by atoms with Crippen molar-refractivity contribution in [2.24, 2.45) is 0 Å². The lowest BCUT2D eigenvalue weighted by Crippen LogP contribution is -2.13. The van der Waals surface area contributed by atoms with Crippen LogP contribution in [0.15, 0.2) is 60.8 Å². The van der Waals surface area contributed by atoms with Gasteiger partial charge in [-0.15, -0.1) is 0 Å². The standard InChI is InChI=1S/C12H8Br3NO2S/c13-8-2-1-3-10(6-8)19(17,18)16-12-5-4-9(14)7-11(12)15/h1-7,16H. The predicted molar refractivity (Wildman–Crippen MR) is 86.8 cm³/mol. The Morgan fingerprint density at radius 3 is 2.21 bits per heavy atom. The molecule has 2 aromatic carbocycles. The predicted octanol–water partition coefficient (Wildman–Crippen LogP) is 4.77. The number of hydrogen-bond donors (Lipinski definition) is 1. The van der Waals surface area contributed by atoms with Crippen LogP contribution in [0.4, 0.5) is 5.69 Å². The van der Waals surface area contributed by atoms with Crippen LogP contribution in [0.2, 0.25) is 0 Å². The molecule has 0 saturated heterocycles. The molecule has 100 valence electrons. The maximum absolute atomic E-state index is 12.2. The SMILES string of the molecule is O=S(=O)(Nc1ccc(Br)cc1Br)c1cccc(Br)c1. The summed E-state index contributed by atoms with van der Waals surface area (Å²) in [6, 6.07) is 11.8. The summed E-state index contributed by atoms with van der Waals surface area (Å²) in [5, 5.41) is 0. The minimum Gasteiger partial charge on any atom is -0.278 e. The smallest absolute Gasteiger partial charge is 0.261 e. The summed E-state index contributed by atoms with van der Waals surface area (Å²) in [6.07, 6.45) is 0. The molecule has 0 saturated carbocycles. The van der Waals surface area contributed by atoms with E-state index in [4.69, 9.17) is 0 Å². The molecule has 2 aromatic rings. The minimum atomic E-state index is -3.60. The first-order chi connectivity index (χ1) is 8.88. The van der Waals surface area contributed by atoms with Crippen LogP contribution >= 0.6 is 47.8 Å². The Hall–Kier alpha value is -0.370. The van der Waals surface area contributed by atoms with Gasteiger partial charge in [-0.05, 0) is 52.3 Å². The first-order valence-corrected chi connectivity index (χ1v) is 8.98. The van der Waals surface area contributed by atoms with E-state index in [9.17, 15) is 8.42 Å². The van der Waals surface area contributed by atoms with Crippen molar-refractivity contribution >= 4 is 63.5 Å². The van der Waals surface area contributed by atoms with E-state index < -0.39 is 10.0 Å². The largest absolute Gasteiger partial charge is 0.278 e. The lowest BCUT2D eigenvalue weighted by molar-refractivity contribution is 0.601. The Morgan fingerprint density at radius 2 is 1.58 bits per heavy atom. The second-order valence-corrected chi connectivity index (χ2v) is 8.06. The number of halogens is 3. The number of hydrogen-bond acceptors (Lipinski definition) is 2. The lowest BCUT2D eigenvalue weighted by atomic mass is 10.3. The number of anilines is 1. The van der Waals surface area contributed by atoms with Crippen LogP contribution < -0.4 is 4.72 Å². The monoisotopic (exact) mass is 467 g/mol. The van der Waals surface area contributed by atoms with Gasteiger partial charge in [0.15, 0.2) is 0 Å². The number of nitrogens with one attached hydrogen (secondary N) is 1. The van der Waals surface area contributed by atoms with Gasteiger partial charge >= 0.3 is 0 Å². The minimum absolute atomic E-state index is 0.205. The molecule has 0 aliphatic rings. The van der Waals surface area contributed by atoms with Crippen LogP contribution in [0.1, 0.15) is 0 Å². The molecule has 0 spiro atoms. The van der Waals surface area contributed by atoms with Crippen LogP contribution in [0, 0.1) is 0 Å². The van der Waals surface area contributed by atoms with E-state index in [1.165, 1.54) is 0 Å². The highest BCUT2D eigenvalue weighted by atomic mass is 79.9. The molecule has 0 bridgehead atoms. The van der Waals surface area contributed by atoms with Crippen LogP contribution in [-0.4, -0.2) is 8.42 Å². The van der Waals surface area contributed by atoms with Crippen molar-refractivity contribution in [2.45, 2.75) is 4.90 Å². The van der Waals surface area contributed by atoms with Crippen LogP contribution in [0.25, 0.3) is 0 Å². The van der Waals surface area contributed by atoms with E-state index in [0.717, 1.165) is 4.47 Å². The number of sulfonamides is 1. The molecule has 0 unspecified atom stereocenters. The number of rotatable bonds is 3. The Balaban J connectivity index is 2.36. The van der Waals surface area contributed by atoms with Gasteiger partial charge in [-0.2, -0.15) is 0 Å². The van der Waals surface area contributed by atoms with Crippen molar-refractivity contribution in [1.82, 2.24) is 0 Å². The molecule has 0 radical (unpaired) electrons. The van der Waals surface area contributed by atoms with Crippen LogP contribution in [0.5, 0.6) is 0 Å². The fraction of sp³-hybridized carbons (Fsp3) is 0. The zero-order chi connectivity index (χ0) is 14.0. The molecular formula is C12H8Br3NO2S. The molecule has 0 aliphatic carbocycles. The summed E-state index contributed by atoms with van der Waals surface area (Å²) in [6.45, 7) is 0. The van der Waals surface area contributed by atoms with E-state index in [2.05, 4.69) is 52.5 Å². The molecule has 0 aromatic heterocycles. The Labute approximate surface area is 136 Å². The highest BCUT2D eigenvalue weighted by Gasteiger charge is 2.15. The van der Waals surface area contributed by atoms with Gasteiger partial charge < -0.3 is 0 Å². The van der Waals surface area contributed by atoms with Gasteiger partial charge in [-0.3, -0.25) is 4.72 Å². The summed E-state index contributed by atoms with van der Waals surface area (Å²) in [5.74, 6) is 0. The fourth-order valence-electron chi connectivity index (χ4n) is 1.41. The normalized spacial score (nSPS) is 11.3. The summed E-state index contributed by atoms with van der Waals surface area (Å²) in [7, 11) is -3.60. The average molecular weight is 470 g/mol. The van der Waals surface area contributed by atoms with Gasteiger partial charge in [0, 0.05) is 13.4 Å². The van der Waals surface area contributed by atoms with Gasteiger partial charge in [-0.25, -0.2) is 8.42 Å². The van der Waals surface area contributed by atoms with E-state index in [0.29, 0.717) is 14.6 Å². The van der Waals surface area contributed by atoms with Crippen LogP contribution in [-0.2, 0) is 10.0 Å². The van der Waals surface area contributed by atoms with Crippen molar-refractivity contribution in [2.75, 3.05) is 4.72 Å². The quantitative estimate of drug-likeness (QED) is 0.703. The van der Waals surface area contributed by atoms with E-state index >= 15 is 0 Å². The van der Waals surface area contributed by atoms with E-state index in [1.54, 1.807) is 42.5 Å². The zero-order valence-corrected chi connectivity index (χ0v) is 15.0. The Morgan fingerprint density at radius 1 is 0.895 bits per heavy atom. The van der Waals surface area contributed by atoms with E-state index in [-0.39, 0.29) is 4.90 Å². The van der Waals surface area contributed by atoms with E-state index in [1.807, 2.05) is 0 Å². The van der Waals surface area contributed by atoms with Crippen molar-refractivity contribution in [3.05, 3.63) is 55.9 Å². The maximum atomic E-state index is 12.2. The van der Waals surface area contributed by atoms with Gasteiger partial charge in [0.1, 0.15) is 0 Å². The fourth-order valence-corrected chi connectivity index (χ4v) is 4.36. The molecule has 0 aliphatic heterocycles. The maximum Gasteiger partial charge on any atom is 0.261 e. The van der Waals surface area contributed by atoms with Crippen molar-refractivity contribution in [3.63, 3.8) is 0 Å². The summed E-state index contributed by atoms with van der Waals surface area (Å²) in [5.41, 5.74) is 0.489. The highest BCUT2D eigenvalue weighted by molar-refractivity contribution is 9.11. The molecule has 2 rings (SSSR count). The molecule has 0 heterocycles. The highest BCUT2D eigenvalue weighted by Crippen LogP contribution is 2.28. The number of benzene rings is 2.